The van der Waals surface area contributed by atoms with Gasteiger partial charge in [0.1, 0.15) is 6.61 Å². The zero-order chi connectivity index (χ0) is 21.0. The van der Waals surface area contributed by atoms with Gasteiger partial charge in [0.15, 0.2) is 11.5 Å². The third-order valence-corrected chi connectivity index (χ3v) is 4.25. The van der Waals surface area contributed by atoms with Crippen molar-refractivity contribution in [1.29, 1.82) is 0 Å². The fourth-order valence-corrected chi connectivity index (χ4v) is 2.92. The molecule has 2 aromatic rings. The summed E-state index contributed by atoms with van der Waals surface area (Å²) in [6.45, 7) is 3.04. The predicted molar refractivity (Wildman–Crippen MR) is 103 cm³/mol. The number of amides is 1. The molecule has 1 heterocycles. The first-order chi connectivity index (χ1) is 13.8. The van der Waals surface area contributed by atoms with Crippen LogP contribution in [0.5, 0.6) is 11.5 Å². The maximum Gasteiger partial charge on any atom is 0.416 e. The number of methoxy groups -OCH3 is 1. The van der Waals surface area contributed by atoms with Gasteiger partial charge in [-0.25, -0.2) is 0 Å². The van der Waals surface area contributed by atoms with Crippen LogP contribution in [0, 0.1) is 0 Å². The van der Waals surface area contributed by atoms with Crippen LogP contribution in [0.4, 0.5) is 18.9 Å². The molecule has 0 atom stereocenters. The van der Waals surface area contributed by atoms with Crippen molar-refractivity contribution in [3.8, 4) is 11.5 Å². The van der Waals surface area contributed by atoms with Gasteiger partial charge in [0.2, 0.25) is 0 Å². The Morgan fingerprint density at radius 3 is 2.52 bits per heavy atom. The minimum absolute atomic E-state index is 0.139. The van der Waals surface area contributed by atoms with E-state index in [4.69, 9.17) is 14.2 Å². The summed E-state index contributed by atoms with van der Waals surface area (Å²) in [7, 11) is 1.57. The highest BCUT2D eigenvalue weighted by atomic mass is 19.4. The van der Waals surface area contributed by atoms with E-state index in [-0.39, 0.29) is 11.3 Å². The maximum atomic E-state index is 12.9. The average Bonchev–Trinajstić information content (AvgIpc) is 2.98. The van der Waals surface area contributed by atoms with Gasteiger partial charge in [0.25, 0.3) is 5.91 Å². The molecule has 1 amide bonds. The minimum atomic E-state index is -4.47. The SMILES string of the molecule is CCOc1cc(/C=C2/C(=O)Nc3cc(C(F)(F)F)ccc32)ccc1OCCOC. The van der Waals surface area contributed by atoms with Crippen molar-refractivity contribution < 1.29 is 32.2 Å². The zero-order valence-corrected chi connectivity index (χ0v) is 15.9. The number of alkyl halides is 3. The van der Waals surface area contributed by atoms with Gasteiger partial charge in [-0.3, -0.25) is 4.79 Å². The van der Waals surface area contributed by atoms with Crippen molar-refractivity contribution in [1.82, 2.24) is 0 Å². The molecule has 8 heteroatoms. The molecule has 0 unspecified atom stereocenters. The summed E-state index contributed by atoms with van der Waals surface area (Å²) in [5, 5.41) is 2.49. The Hall–Kier alpha value is -3.00. The molecular weight excluding hydrogens is 387 g/mol. The predicted octanol–water partition coefficient (Wildman–Crippen LogP) is 4.62. The van der Waals surface area contributed by atoms with E-state index in [2.05, 4.69) is 5.32 Å². The third kappa shape index (κ3) is 4.71. The summed E-state index contributed by atoms with van der Waals surface area (Å²) in [5.41, 5.74) is 0.686. The number of fused-ring (bicyclic) bond motifs is 1. The van der Waals surface area contributed by atoms with Gasteiger partial charge < -0.3 is 19.5 Å². The molecule has 1 aliphatic rings. The Morgan fingerprint density at radius 1 is 1.03 bits per heavy atom. The lowest BCUT2D eigenvalue weighted by Gasteiger charge is -2.12. The third-order valence-electron chi connectivity index (χ3n) is 4.25. The minimum Gasteiger partial charge on any atom is -0.490 e. The van der Waals surface area contributed by atoms with Crippen LogP contribution < -0.4 is 14.8 Å². The second-order valence-corrected chi connectivity index (χ2v) is 6.25. The van der Waals surface area contributed by atoms with Crippen LogP contribution in [-0.2, 0) is 15.7 Å². The molecule has 154 valence electrons. The van der Waals surface area contributed by atoms with Gasteiger partial charge in [-0.1, -0.05) is 12.1 Å². The topological polar surface area (TPSA) is 56.8 Å². The molecule has 3 rings (SSSR count). The number of rotatable bonds is 7. The average molecular weight is 407 g/mol. The molecule has 0 aromatic heterocycles. The number of ether oxygens (including phenoxy) is 3. The molecule has 0 fully saturated rings. The molecule has 29 heavy (non-hydrogen) atoms. The summed E-state index contributed by atoms with van der Waals surface area (Å²) in [5.74, 6) is 0.582. The van der Waals surface area contributed by atoms with Crippen molar-refractivity contribution in [2.75, 3.05) is 32.2 Å². The first-order valence-corrected chi connectivity index (χ1v) is 8.96. The molecule has 0 bridgehead atoms. The number of carbonyl (C=O) groups excluding carboxylic acids is 1. The molecule has 1 aliphatic heterocycles. The molecule has 0 radical (unpaired) electrons. The van der Waals surface area contributed by atoms with Crippen molar-refractivity contribution in [2.24, 2.45) is 0 Å². The van der Waals surface area contributed by atoms with Crippen molar-refractivity contribution in [3.63, 3.8) is 0 Å². The van der Waals surface area contributed by atoms with Gasteiger partial charge in [-0.05, 0) is 42.8 Å². The monoisotopic (exact) mass is 407 g/mol. The Labute approximate surface area is 166 Å². The van der Waals surface area contributed by atoms with Gasteiger partial charge in [0.05, 0.1) is 18.8 Å². The lowest BCUT2D eigenvalue weighted by atomic mass is 10.0. The lowest BCUT2D eigenvalue weighted by Crippen LogP contribution is -2.06. The van der Waals surface area contributed by atoms with E-state index >= 15 is 0 Å². The van der Waals surface area contributed by atoms with E-state index in [0.29, 0.717) is 42.4 Å². The fraction of sp³-hybridized carbons (Fsp3) is 0.286. The van der Waals surface area contributed by atoms with E-state index in [1.165, 1.54) is 6.07 Å². The van der Waals surface area contributed by atoms with Crippen molar-refractivity contribution in [2.45, 2.75) is 13.1 Å². The van der Waals surface area contributed by atoms with Gasteiger partial charge in [-0.2, -0.15) is 13.2 Å². The van der Waals surface area contributed by atoms with Crippen molar-refractivity contribution >= 4 is 23.2 Å². The van der Waals surface area contributed by atoms with E-state index in [9.17, 15) is 18.0 Å². The number of benzene rings is 2. The Kier molecular flexibility index (Phi) is 6.12. The summed E-state index contributed by atoms with van der Waals surface area (Å²) in [4.78, 5) is 12.3. The Bertz CT molecular complexity index is 938. The maximum absolute atomic E-state index is 12.9. The zero-order valence-electron chi connectivity index (χ0n) is 15.9. The highest BCUT2D eigenvalue weighted by Crippen LogP contribution is 2.39. The number of hydrogen-bond donors (Lipinski definition) is 1. The van der Waals surface area contributed by atoms with E-state index in [1.807, 2.05) is 6.92 Å². The van der Waals surface area contributed by atoms with Crippen LogP contribution in [0.15, 0.2) is 36.4 Å². The molecule has 0 spiro atoms. The quantitative estimate of drug-likeness (QED) is 0.538. The first kappa shape index (κ1) is 20.7. The largest absolute Gasteiger partial charge is 0.490 e. The van der Waals surface area contributed by atoms with E-state index < -0.39 is 17.6 Å². The Morgan fingerprint density at radius 2 is 1.83 bits per heavy atom. The second-order valence-electron chi connectivity index (χ2n) is 6.25. The number of anilines is 1. The second kappa shape index (κ2) is 8.57. The molecule has 5 nitrogen and oxygen atoms in total. The fourth-order valence-electron chi connectivity index (χ4n) is 2.92. The smallest absolute Gasteiger partial charge is 0.416 e. The standard InChI is InChI=1S/C21H20F3NO4/c1-3-28-19-11-13(4-7-18(19)29-9-8-27-2)10-16-15-6-5-14(21(22,23)24)12-17(15)25-20(16)26/h4-7,10-12H,3,8-9H2,1-2H3,(H,25,26)/b16-10+. The van der Waals surface area contributed by atoms with Gasteiger partial charge in [-0.15, -0.1) is 0 Å². The molecular formula is C21H20F3NO4. The number of halogens is 3. The van der Waals surface area contributed by atoms with Crippen LogP contribution in [0.2, 0.25) is 0 Å². The number of nitrogens with one attached hydrogen (secondary N) is 1. The molecule has 0 aliphatic carbocycles. The first-order valence-electron chi connectivity index (χ1n) is 8.96. The summed E-state index contributed by atoms with van der Waals surface area (Å²) >= 11 is 0. The number of carbonyl (C=O) groups is 1. The van der Waals surface area contributed by atoms with Crippen LogP contribution >= 0.6 is 0 Å². The highest BCUT2D eigenvalue weighted by molar-refractivity contribution is 6.34. The van der Waals surface area contributed by atoms with Gasteiger partial charge in [0, 0.05) is 23.9 Å². The lowest BCUT2D eigenvalue weighted by molar-refractivity contribution is -0.137. The summed E-state index contributed by atoms with van der Waals surface area (Å²) < 4.78 is 54.9. The molecule has 0 saturated carbocycles. The number of hydrogen-bond acceptors (Lipinski definition) is 4. The van der Waals surface area contributed by atoms with Gasteiger partial charge >= 0.3 is 6.18 Å². The highest BCUT2D eigenvalue weighted by Gasteiger charge is 2.33. The van der Waals surface area contributed by atoms with Crippen molar-refractivity contribution in [3.05, 3.63) is 53.1 Å². The molecule has 0 saturated heterocycles. The molecule has 2 aromatic carbocycles. The summed E-state index contributed by atoms with van der Waals surface area (Å²) in [6, 6.07) is 8.37. The normalized spacial score (nSPS) is 14.7. The van der Waals surface area contributed by atoms with E-state index in [0.717, 1.165) is 12.1 Å². The summed E-state index contributed by atoms with van der Waals surface area (Å²) in [6.07, 6.45) is -2.87. The van der Waals surface area contributed by atoms with Crippen LogP contribution in [0.1, 0.15) is 23.6 Å². The van der Waals surface area contributed by atoms with Crippen LogP contribution in [-0.4, -0.2) is 32.8 Å². The Balaban J connectivity index is 1.92. The molecule has 1 N–H and O–H groups in total. The van der Waals surface area contributed by atoms with E-state index in [1.54, 1.807) is 31.4 Å². The van der Waals surface area contributed by atoms with Crippen LogP contribution in [0.3, 0.4) is 0 Å². The van der Waals surface area contributed by atoms with Crippen LogP contribution in [0.25, 0.3) is 11.6 Å².